The summed E-state index contributed by atoms with van der Waals surface area (Å²) in [5.41, 5.74) is 5.47. The van der Waals surface area contributed by atoms with Crippen molar-refractivity contribution < 1.29 is 48.0 Å². The molecule has 1 unspecified atom stereocenters. The van der Waals surface area contributed by atoms with Gasteiger partial charge in [-0.15, -0.1) is 0 Å². The minimum absolute atomic E-state index is 0.00959. The number of rotatable bonds is 7. The summed E-state index contributed by atoms with van der Waals surface area (Å²) in [6.45, 7) is -0.367. The maximum absolute atomic E-state index is 11.5. The molecule has 2 aromatic heterocycles. The molecule has 0 fully saturated rings. The van der Waals surface area contributed by atoms with Crippen LogP contribution in [0.25, 0.3) is 11.2 Å². The molecule has 0 spiro atoms. The Morgan fingerprint density at radius 3 is 2.33 bits per heavy atom. The van der Waals surface area contributed by atoms with Gasteiger partial charge in [-0.1, -0.05) is 0 Å². The number of aromatic nitrogens is 4. The summed E-state index contributed by atoms with van der Waals surface area (Å²) >= 11 is 0. The molecule has 2 heterocycles. The number of hydrogen-bond donors (Lipinski definition) is 8. The summed E-state index contributed by atoms with van der Waals surface area (Å²) in [4.78, 5) is 52.6. The van der Waals surface area contributed by atoms with Crippen LogP contribution >= 0.6 is 15.6 Å². The molecule has 2 aromatic rings. The van der Waals surface area contributed by atoms with E-state index < -0.39 is 27.3 Å². The van der Waals surface area contributed by atoms with E-state index in [2.05, 4.69) is 19.3 Å². The highest BCUT2D eigenvalue weighted by atomic mass is 31.3. The second kappa shape index (κ2) is 9.48. The molecule has 154 valence electrons. The van der Waals surface area contributed by atoms with Gasteiger partial charge in [-0.3, -0.25) is 14.3 Å². The fourth-order valence-corrected chi connectivity index (χ4v) is 2.65. The normalized spacial score (nSPS) is 13.3. The van der Waals surface area contributed by atoms with Crippen LogP contribution in [-0.4, -0.2) is 68.6 Å². The summed E-state index contributed by atoms with van der Waals surface area (Å²) in [5.74, 6) is -0.00959. The highest BCUT2D eigenvalue weighted by molar-refractivity contribution is 7.60. The van der Waals surface area contributed by atoms with E-state index in [0.717, 1.165) is 0 Å². The highest BCUT2D eigenvalue weighted by Crippen LogP contribution is 2.53. The molecule has 9 N–H and O–H groups in total. The summed E-state index contributed by atoms with van der Waals surface area (Å²) < 4.78 is 28.8. The monoisotopic (exact) mass is 433 g/mol. The first-order chi connectivity index (χ1) is 12.3. The minimum Gasteiger partial charge on any atom is -0.394 e. The molecule has 0 amide bonds. The molecular formula is C9H17N5O11P2. The zero-order valence-corrected chi connectivity index (χ0v) is 15.1. The lowest BCUT2D eigenvalue weighted by Gasteiger charge is -2.08. The van der Waals surface area contributed by atoms with Gasteiger partial charge in [-0.25, -0.2) is 14.1 Å². The second-order valence-corrected chi connectivity index (χ2v) is 7.35. The molecule has 2 rings (SSSR count). The SMILES string of the molecule is Nc1nc2c(ncn2COCC(O)CO)c(=O)[nH]1.O=P(O)(O)OP(=O)(O)O. The van der Waals surface area contributed by atoms with Crippen molar-refractivity contribution in [3.63, 3.8) is 0 Å². The Bertz CT molecular complexity index is 881. The van der Waals surface area contributed by atoms with Crippen LogP contribution in [-0.2, 0) is 24.9 Å². The number of imidazole rings is 1. The summed E-state index contributed by atoms with van der Waals surface area (Å²) in [7, 11) is -10.1. The van der Waals surface area contributed by atoms with Crippen molar-refractivity contribution in [2.45, 2.75) is 12.8 Å². The van der Waals surface area contributed by atoms with Crippen LogP contribution in [0.4, 0.5) is 5.95 Å². The molecule has 0 radical (unpaired) electrons. The van der Waals surface area contributed by atoms with E-state index in [1.807, 2.05) is 0 Å². The quantitative estimate of drug-likeness (QED) is 0.205. The first-order valence-electron chi connectivity index (χ1n) is 6.72. The van der Waals surface area contributed by atoms with Gasteiger partial charge in [0, 0.05) is 0 Å². The number of aliphatic hydroxyl groups is 2. The fourth-order valence-electron chi connectivity index (χ4n) is 1.54. The van der Waals surface area contributed by atoms with Gasteiger partial charge in [0.2, 0.25) is 5.95 Å². The topological polar surface area (TPSA) is 264 Å². The Morgan fingerprint density at radius 1 is 1.26 bits per heavy atom. The Kier molecular flexibility index (Phi) is 8.19. The van der Waals surface area contributed by atoms with Crippen LogP contribution in [0.2, 0.25) is 0 Å². The van der Waals surface area contributed by atoms with Crippen molar-refractivity contribution in [3.8, 4) is 0 Å². The molecular weight excluding hydrogens is 416 g/mol. The number of H-pyrrole nitrogens is 1. The van der Waals surface area contributed by atoms with Crippen molar-refractivity contribution in [1.82, 2.24) is 19.5 Å². The van der Waals surface area contributed by atoms with Crippen LogP contribution in [0, 0.1) is 0 Å². The molecule has 1 atom stereocenters. The average molecular weight is 433 g/mol. The van der Waals surface area contributed by atoms with Crippen molar-refractivity contribution in [2.24, 2.45) is 0 Å². The van der Waals surface area contributed by atoms with Gasteiger partial charge in [0.1, 0.15) is 12.8 Å². The largest absolute Gasteiger partial charge is 0.478 e. The molecule has 0 aromatic carbocycles. The summed E-state index contributed by atoms with van der Waals surface area (Å²) in [6.07, 6.45) is 0.443. The van der Waals surface area contributed by atoms with Gasteiger partial charge in [-0.05, 0) is 0 Å². The fraction of sp³-hybridized carbons (Fsp3) is 0.444. The van der Waals surface area contributed by atoms with Crippen molar-refractivity contribution >= 4 is 32.8 Å². The first kappa shape index (κ1) is 23.3. The van der Waals surface area contributed by atoms with Crippen molar-refractivity contribution in [2.75, 3.05) is 18.9 Å². The molecule has 0 aliphatic heterocycles. The maximum atomic E-state index is 11.5. The molecule has 0 aliphatic carbocycles. The number of anilines is 1. The highest BCUT2D eigenvalue weighted by Gasteiger charge is 2.27. The third kappa shape index (κ3) is 8.68. The number of hydrogen-bond acceptors (Lipinski definition) is 10. The molecule has 16 nitrogen and oxygen atoms in total. The van der Waals surface area contributed by atoms with Gasteiger partial charge in [0.25, 0.3) is 5.56 Å². The number of phosphoric acid groups is 2. The number of nitrogens with zero attached hydrogens (tertiary/aromatic N) is 3. The Morgan fingerprint density at radius 2 is 1.85 bits per heavy atom. The number of aromatic amines is 1. The van der Waals surface area contributed by atoms with Gasteiger partial charge < -0.3 is 40.3 Å². The van der Waals surface area contributed by atoms with Crippen molar-refractivity contribution in [1.29, 1.82) is 0 Å². The van der Waals surface area contributed by atoms with Gasteiger partial charge >= 0.3 is 15.6 Å². The van der Waals surface area contributed by atoms with Crippen LogP contribution in [0.3, 0.4) is 0 Å². The van der Waals surface area contributed by atoms with Gasteiger partial charge in [-0.2, -0.15) is 9.29 Å². The Labute approximate surface area is 149 Å². The Balaban J connectivity index is 0.000000345. The lowest BCUT2D eigenvalue weighted by molar-refractivity contribution is -0.0163. The number of aliphatic hydroxyl groups excluding tert-OH is 2. The zero-order chi connectivity index (χ0) is 20.8. The van der Waals surface area contributed by atoms with E-state index in [1.165, 1.54) is 10.9 Å². The summed E-state index contributed by atoms with van der Waals surface area (Å²) in [6, 6.07) is 0. The smallest absolute Gasteiger partial charge is 0.394 e. The lowest BCUT2D eigenvalue weighted by Crippen LogP contribution is -2.20. The van der Waals surface area contributed by atoms with Crippen LogP contribution in [0.5, 0.6) is 0 Å². The third-order valence-corrected chi connectivity index (χ3v) is 4.16. The minimum atomic E-state index is -5.05. The number of fused-ring (bicyclic) bond motifs is 1. The van der Waals surface area contributed by atoms with E-state index in [4.69, 9.17) is 40.3 Å². The maximum Gasteiger partial charge on any atom is 0.478 e. The third-order valence-electron chi connectivity index (χ3n) is 2.46. The number of nitrogens with two attached hydrogens (primary N) is 1. The Hall–Kier alpha value is -1.71. The van der Waals surface area contributed by atoms with E-state index in [0.29, 0.717) is 5.65 Å². The van der Waals surface area contributed by atoms with E-state index in [-0.39, 0.29) is 31.4 Å². The first-order valence-corrected chi connectivity index (χ1v) is 9.78. The molecule has 0 saturated carbocycles. The van der Waals surface area contributed by atoms with Crippen LogP contribution in [0.1, 0.15) is 0 Å². The number of nitrogen functional groups attached to an aromatic ring is 1. The van der Waals surface area contributed by atoms with Crippen LogP contribution < -0.4 is 11.3 Å². The lowest BCUT2D eigenvalue weighted by atomic mass is 10.4. The van der Waals surface area contributed by atoms with Crippen molar-refractivity contribution in [3.05, 3.63) is 16.7 Å². The summed E-state index contributed by atoms with van der Waals surface area (Å²) in [5, 5.41) is 17.7. The number of ether oxygens (including phenoxy) is 1. The average Bonchev–Trinajstić information content (AvgIpc) is 2.87. The molecule has 27 heavy (non-hydrogen) atoms. The van der Waals surface area contributed by atoms with E-state index >= 15 is 0 Å². The van der Waals surface area contributed by atoms with E-state index in [1.54, 1.807) is 0 Å². The number of nitrogens with one attached hydrogen (secondary N) is 1. The van der Waals surface area contributed by atoms with Gasteiger partial charge in [0.15, 0.2) is 11.2 Å². The molecule has 18 heteroatoms. The predicted molar refractivity (Wildman–Crippen MR) is 86.8 cm³/mol. The zero-order valence-electron chi connectivity index (χ0n) is 13.3. The van der Waals surface area contributed by atoms with Crippen LogP contribution in [0.15, 0.2) is 11.1 Å². The molecule has 0 saturated heterocycles. The van der Waals surface area contributed by atoms with E-state index in [9.17, 15) is 13.9 Å². The molecule has 0 bridgehead atoms. The predicted octanol–water partition coefficient (Wildman–Crippen LogP) is -2.78. The van der Waals surface area contributed by atoms with Gasteiger partial charge in [0.05, 0.1) is 19.5 Å². The standard InChI is InChI=1S/C9H13N5O4.H4O7P2/c10-9-12-7-6(8(17)13-9)11-3-14(7)4-18-2-5(16)1-15;1-8(2,3)7-9(4,5)6/h3,5,15-16H,1-2,4H2,(H3,10,12,13,17);(H2,1,2,3)(H2,4,5,6). The second-order valence-electron chi connectivity index (χ2n) is 4.74. The molecule has 0 aliphatic rings.